The standard InChI is InChI=1S/C32H27F4NO5.CF2O/c1-20(18-21-2-4-23(5-3-21)31(40)37-17-16-30(38)39)28-19-24(22-6-11-27(12-7-22)42-32(34,35)36)8-15-29(28)41-26-13-9-25(33)10-14-26;2-1(3)4/h2-15,19-20H,16-18H2,1H3,(H,37,40)(H,38,39);. The zero-order valence-corrected chi connectivity index (χ0v) is 24.1. The summed E-state index contributed by atoms with van der Waals surface area (Å²) in [5.74, 6) is -1.24. The first-order chi connectivity index (χ1) is 21.7. The van der Waals surface area contributed by atoms with Gasteiger partial charge in [0, 0.05) is 12.1 Å². The first-order valence-electron chi connectivity index (χ1n) is 13.6. The Labute approximate surface area is 259 Å². The summed E-state index contributed by atoms with van der Waals surface area (Å²) in [5, 5.41) is 11.3. The van der Waals surface area contributed by atoms with E-state index in [0.717, 1.165) is 16.7 Å². The molecule has 0 aliphatic carbocycles. The minimum absolute atomic E-state index is 0.0260. The molecule has 0 radical (unpaired) electrons. The van der Waals surface area contributed by atoms with E-state index in [0.29, 0.717) is 29.0 Å². The number of alkyl halides is 3. The van der Waals surface area contributed by atoms with Crippen molar-refractivity contribution < 1.29 is 55.3 Å². The molecule has 7 nitrogen and oxygen atoms in total. The highest BCUT2D eigenvalue weighted by atomic mass is 19.4. The molecule has 0 bridgehead atoms. The number of ether oxygens (including phenoxy) is 2. The average Bonchev–Trinajstić information content (AvgIpc) is 2.98. The summed E-state index contributed by atoms with van der Waals surface area (Å²) in [6.45, 7) is 2.02. The van der Waals surface area contributed by atoms with Gasteiger partial charge in [0.25, 0.3) is 5.91 Å². The number of carbonyl (C=O) groups is 3. The number of halogens is 6. The Morgan fingerprint density at radius 2 is 1.39 bits per heavy atom. The highest BCUT2D eigenvalue weighted by Gasteiger charge is 2.31. The maximum Gasteiger partial charge on any atom is 0.573 e. The number of benzene rings is 4. The van der Waals surface area contributed by atoms with Crippen molar-refractivity contribution in [2.24, 2.45) is 0 Å². The maximum atomic E-state index is 13.4. The molecule has 0 aliphatic heterocycles. The average molecular weight is 648 g/mol. The van der Waals surface area contributed by atoms with Crippen LogP contribution in [0.2, 0.25) is 0 Å². The molecule has 0 fully saturated rings. The van der Waals surface area contributed by atoms with E-state index in [1.165, 1.54) is 48.5 Å². The summed E-state index contributed by atoms with van der Waals surface area (Å²) in [6, 6.07) is 23.5. The number of nitrogens with one attached hydrogen (secondary N) is 1. The van der Waals surface area contributed by atoms with Crippen molar-refractivity contribution in [3.8, 4) is 28.4 Å². The van der Waals surface area contributed by atoms with E-state index in [2.05, 4.69) is 10.1 Å². The van der Waals surface area contributed by atoms with Crippen LogP contribution in [0.25, 0.3) is 11.1 Å². The largest absolute Gasteiger partial charge is 0.573 e. The van der Waals surface area contributed by atoms with Gasteiger partial charge in [-0.1, -0.05) is 37.3 Å². The summed E-state index contributed by atoms with van der Waals surface area (Å²) in [6.07, 6.45) is -7.23. The molecule has 0 heterocycles. The third-order valence-corrected chi connectivity index (χ3v) is 6.39. The van der Waals surface area contributed by atoms with Gasteiger partial charge < -0.3 is 19.9 Å². The van der Waals surface area contributed by atoms with Crippen molar-refractivity contribution in [1.29, 1.82) is 0 Å². The van der Waals surface area contributed by atoms with Crippen molar-refractivity contribution >= 4 is 18.2 Å². The third kappa shape index (κ3) is 11.6. The second-order valence-electron chi connectivity index (χ2n) is 9.81. The molecule has 4 aromatic rings. The van der Waals surface area contributed by atoms with Crippen molar-refractivity contribution in [1.82, 2.24) is 5.32 Å². The molecule has 242 valence electrons. The zero-order valence-electron chi connectivity index (χ0n) is 24.1. The van der Waals surface area contributed by atoms with Crippen LogP contribution in [0, 0.1) is 5.82 Å². The molecular formula is C33H27F6NO6. The van der Waals surface area contributed by atoms with Gasteiger partial charge in [0.2, 0.25) is 0 Å². The molecule has 1 atom stereocenters. The normalized spacial score (nSPS) is 11.5. The molecule has 0 aromatic heterocycles. The lowest BCUT2D eigenvalue weighted by Crippen LogP contribution is -2.25. The summed E-state index contributed by atoms with van der Waals surface area (Å²) in [7, 11) is 0. The molecular weight excluding hydrogens is 620 g/mol. The van der Waals surface area contributed by atoms with Crippen LogP contribution >= 0.6 is 0 Å². The SMILES string of the molecule is CC(Cc1ccc(C(=O)NCCC(=O)O)cc1)c1cc(-c2ccc(OC(F)(F)F)cc2)ccc1Oc1ccc(F)cc1.O=C(F)F. The van der Waals surface area contributed by atoms with Crippen LogP contribution in [0.15, 0.2) is 91.0 Å². The molecule has 46 heavy (non-hydrogen) atoms. The summed E-state index contributed by atoms with van der Waals surface area (Å²) in [4.78, 5) is 31.0. The molecule has 2 N–H and O–H groups in total. The highest BCUT2D eigenvalue weighted by molar-refractivity contribution is 5.94. The number of amides is 1. The Morgan fingerprint density at radius 1 is 0.826 bits per heavy atom. The minimum Gasteiger partial charge on any atom is -0.481 e. The predicted molar refractivity (Wildman–Crippen MR) is 156 cm³/mol. The summed E-state index contributed by atoms with van der Waals surface area (Å²) >= 11 is 0. The monoisotopic (exact) mass is 647 g/mol. The van der Waals surface area contributed by atoms with Crippen molar-refractivity contribution in [2.75, 3.05) is 6.54 Å². The summed E-state index contributed by atoms with van der Waals surface area (Å²) < 4.78 is 80.6. The number of hydrogen-bond donors (Lipinski definition) is 2. The van der Waals surface area contributed by atoms with E-state index in [1.54, 1.807) is 24.3 Å². The van der Waals surface area contributed by atoms with Crippen molar-refractivity contribution in [2.45, 2.75) is 32.0 Å². The fourth-order valence-corrected chi connectivity index (χ4v) is 4.33. The third-order valence-electron chi connectivity index (χ3n) is 6.39. The lowest BCUT2D eigenvalue weighted by atomic mass is 9.90. The van der Waals surface area contributed by atoms with Crippen LogP contribution in [0.1, 0.15) is 40.7 Å². The fraction of sp³-hybridized carbons (Fsp3) is 0.182. The topological polar surface area (TPSA) is 102 Å². The van der Waals surface area contributed by atoms with Crippen LogP contribution in [-0.2, 0) is 11.2 Å². The van der Waals surface area contributed by atoms with Gasteiger partial charge in [0.15, 0.2) is 0 Å². The Bertz CT molecular complexity index is 1620. The quantitative estimate of drug-likeness (QED) is 0.125. The van der Waals surface area contributed by atoms with Crippen LogP contribution in [0.5, 0.6) is 17.2 Å². The molecule has 0 saturated carbocycles. The Kier molecular flexibility index (Phi) is 12.3. The maximum absolute atomic E-state index is 13.4. The van der Waals surface area contributed by atoms with Gasteiger partial charge in [-0.05, 0) is 95.3 Å². The Balaban J connectivity index is 0.00000136. The van der Waals surface area contributed by atoms with Gasteiger partial charge >= 0.3 is 18.6 Å². The Hall–Kier alpha value is -5.33. The van der Waals surface area contributed by atoms with Crippen LogP contribution in [-0.4, -0.2) is 36.2 Å². The number of carboxylic acids is 1. The van der Waals surface area contributed by atoms with Gasteiger partial charge in [-0.2, -0.15) is 0 Å². The number of rotatable bonds is 11. The van der Waals surface area contributed by atoms with Gasteiger partial charge in [-0.3, -0.25) is 9.59 Å². The van der Waals surface area contributed by atoms with E-state index < -0.39 is 24.4 Å². The van der Waals surface area contributed by atoms with Gasteiger partial charge in [0.1, 0.15) is 23.1 Å². The first kappa shape index (κ1) is 35.2. The van der Waals surface area contributed by atoms with Gasteiger partial charge in [0.05, 0.1) is 6.42 Å². The van der Waals surface area contributed by atoms with E-state index in [1.807, 2.05) is 25.1 Å². The zero-order chi connectivity index (χ0) is 33.9. The van der Waals surface area contributed by atoms with Crippen LogP contribution < -0.4 is 14.8 Å². The lowest BCUT2D eigenvalue weighted by Gasteiger charge is -2.19. The van der Waals surface area contributed by atoms with Crippen molar-refractivity contribution in [3.05, 3.63) is 114 Å². The van der Waals surface area contributed by atoms with E-state index in [-0.39, 0.29) is 30.5 Å². The van der Waals surface area contributed by atoms with E-state index in [4.69, 9.17) is 14.6 Å². The molecule has 1 unspecified atom stereocenters. The van der Waals surface area contributed by atoms with Crippen LogP contribution in [0.3, 0.4) is 0 Å². The number of aliphatic carboxylic acids is 1. The van der Waals surface area contributed by atoms with Crippen molar-refractivity contribution in [3.63, 3.8) is 0 Å². The Morgan fingerprint density at radius 3 is 1.96 bits per heavy atom. The molecule has 4 aromatic carbocycles. The lowest BCUT2D eigenvalue weighted by molar-refractivity contribution is -0.274. The second-order valence-corrected chi connectivity index (χ2v) is 9.81. The second kappa shape index (κ2) is 16.1. The van der Waals surface area contributed by atoms with E-state index in [9.17, 15) is 35.9 Å². The molecule has 4 rings (SSSR count). The molecule has 0 spiro atoms. The van der Waals surface area contributed by atoms with E-state index >= 15 is 0 Å². The minimum atomic E-state index is -4.79. The summed E-state index contributed by atoms with van der Waals surface area (Å²) in [5.41, 5.74) is 3.55. The number of carbonyl (C=O) groups excluding carboxylic acids is 2. The number of carboxylic acid groups (broad SMARTS) is 1. The first-order valence-corrected chi connectivity index (χ1v) is 13.6. The number of hydrogen-bond acceptors (Lipinski definition) is 5. The fourth-order valence-electron chi connectivity index (χ4n) is 4.33. The molecule has 1 amide bonds. The van der Waals surface area contributed by atoms with Gasteiger partial charge in [-0.25, -0.2) is 9.18 Å². The molecule has 0 saturated heterocycles. The predicted octanol–water partition coefficient (Wildman–Crippen LogP) is 8.78. The molecule has 13 heteroatoms. The molecule has 0 aliphatic rings. The van der Waals surface area contributed by atoms with Gasteiger partial charge in [-0.15, -0.1) is 22.0 Å². The smallest absolute Gasteiger partial charge is 0.481 e. The van der Waals surface area contributed by atoms with Crippen LogP contribution in [0.4, 0.5) is 31.1 Å². The highest BCUT2D eigenvalue weighted by Crippen LogP contribution is 2.37.